The Morgan fingerprint density at radius 3 is 2.23 bits per heavy atom. The van der Waals surface area contributed by atoms with Gasteiger partial charge < -0.3 is 9.47 Å². The second-order valence-electron chi connectivity index (χ2n) is 6.26. The van der Waals surface area contributed by atoms with Gasteiger partial charge in [0.15, 0.2) is 0 Å². The lowest BCUT2D eigenvalue weighted by Gasteiger charge is -2.22. The molecule has 0 aliphatic carbocycles. The van der Waals surface area contributed by atoms with Crippen molar-refractivity contribution < 1.29 is 17.9 Å². The van der Waals surface area contributed by atoms with Gasteiger partial charge in [-0.05, 0) is 30.2 Å². The molecule has 0 saturated carbocycles. The third-order valence-electron chi connectivity index (χ3n) is 4.43. The molecule has 0 amide bonds. The van der Waals surface area contributed by atoms with Gasteiger partial charge in [0.05, 0.1) is 32.2 Å². The van der Waals surface area contributed by atoms with Crippen molar-refractivity contribution in [2.45, 2.75) is 19.4 Å². The highest BCUT2D eigenvalue weighted by Crippen LogP contribution is 2.38. The molecule has 1 heterocycles. The molecule has 2 aromatic rings. The van der Waals surface area contributed by atoms with Crippen molar-refractivity contribution in [2.24, 2.45) is 5.10 Å². The van der Waals surface area contributed by atoms with E-state index in [4.69, 9.17) is 9.47 Å². The maximum absolute atomic E-state index is 12.3. The van der Waals surface area contributed by atoms with Gasteiger partial charge in [-0.1, -0.05) is 24.3 Å². The van der Waals surface area contributed by atoms with Crippen LogP contribution in [-0.2, 0) is 10.0 Å². The van der Waals surface area contributed by atoms with E-state index in [9.17, 15) is 8.42 Å². The average molecular weight is 374 g/mol. The highest BCUT2D eigenvalue weighted by atomic mass is 32.2. The Bertz CT molecular complexity index is 932. The molecule has 0 unspecified atom stereocenters. The quantitative estimate of drug-likeness (QED) is 0.806. The first kappa shape index (κ1) is 18.3. The van der Waals surface area contributed by atoms with E-state index in [0.717, 1.165) is 22.4 Å². The summed E-state index contributed by atoms with van der Waals surface area (Å²) >= 11 is 0. The molecule has 1 aliphatic rings. The molecule has 7 heteroatoms. The lowest BCUT2D eigenvalue weighted by Crippen LogP contribution is -2.26. The number of sulfonamides is 1. The molecule has 1 atom stereocenters. The van der Waals surface area contributed by atoms with Gasteiger partial charge in [0.25, 0.3) is 0 Å². The Morgan fingerprint density at radius 2 is 1.69 bits per heavy atom. The third kappa shape index (κ3) is 3.53. The second kappa shape index (κ2) is 6.99. The first-order valence-electron chi connectivity index (χ1n) is 8.19. The van der Waals surface area contributed by atoms with Crippen LogP contribution in [0.4, 0.5) is 0 Å². The van der Waals surface area contributed by atoms with Crippen molar-refractivity contribution in [3.63, 3.8) is 0 Å². The van der Waals surface area contributed by atoms with Crippen LogP contribution < -0.4 is 9.47 Å². The van der Waals surface area contributed by atoms with E-state index in [0.29, 0.717) is 17.9 Å². The Morgan fingerprint density at radius 1 is 1.08 bits per heavy atom. The fourth-order valence-corrected chi connectivity index (χ4v) is 4.03. The van der Waals surface area contributed by atoms with Gasteiger partial charge in [0, 0.05) is 18.1 Å². The standard InChI is InChI=1S/C19H22N2O4S/c1-13-7-5-6-8-17(13)18-12-19(21(20-18)26(4,22)23)14-9-15(24-2)11-16(10-14)25-3/h5-11,19H,12H2,1-4H3/t19-/m1/s1. The molecule has 1 aliphatic heterocycles. The largest absolute Gasteiger partial charge is 0.497 e. The highest BCUT2D eigenvalue weighted by molar-refractivity contribution is 7.88. The summed E-state index contributed by atoms with van der Waals surface area (Å²) in [6, 6.07) is 12.8. The highest BCUT2D eigenvalue weighted by Gasteiger charge is 2.35. The van der Waals surface area contributed by atoms with Crippen LogP contribution in [0.1, 0.15) is 29.2 Å². The fraction of sp³-hybridized carbons (Fsp3) is 0.316. The van der Waals surface area contributed by atoms with Gasteiger partial charge in [-0.3, -0.25) is 0 Å². The van der Waals surface area contributed by atoms with E-state index in [1.54, 1.807) is 20.3 Å². The van der Waals surface area contributed by atoms with Crippen LogP contribution in [-0.4, -0.2) is 39.0 Å². The minimum atomic E-state index is -3.53. The summed E-state index contributed by atoms with van der Waals surface area (Å²) in [5.74, 6) is 1.22. The third-order valence-corrected chi connectivity index (χ3v) is 5.44. The van der Waals surface area contributed by atoms with E-state index in [1.165, 1.54) is 10.7 Å². The summed E-state index contributed by atoms with van der Waals surface area (Å²) in [6.45, 7) is 1.99. The first-order valence-corrected chi connectivity index (χ1v) is 10.0. The number of hydrazone groups is 1. The molecule has 0 fully saturated rings. The van der Waals surface area contributed by atoms with E-state index in [1.807, 2.05) is 43.3 Å². The SMILES string of the molecule is COc1cc(OC)cc([C@H]2CC(c3ccccc3C)=NN2S(C)(=O)=O)c1. The number of ether oxygens (including phenoxy) is 2. The summed E-state index contributed by atoms with van der Waals surface area (Å²) in [5, 5.41) is 4.44. The Balaban J connectivity index is 2.07. The number of aryl methyl sites for hydroxylation is 1. The van der Waals surface area contributed by atoms with Crippen LogP contribution in [0.5, 0.6) is 11.5 Å². The number of nitrogens with zero attached hydrogens (tertiary/aromatic N) is 2. The molecule has 0 aromatic heterocycles. The van der Waals surface area contributed by atoms with Crippen molar-refractivity contribution >= 4 is 15.7 Å². The van der Waals surface area contributed by atoms with Gasteiger partial charge in [-0.25, -0.2) is 8.42 Å². The predicted molar refractivity (Wildman–Crippen MR) is 101 cm³/mol. The van der Waals surface area contributed by atoms with Gasteiger partial charge in [-0.2, -0.15) is 9.52 Å². The first-order chi connectivity index (χ1) is 12.3. The van der Waals surface area contributed by atoms with Crippen LogP contribution in [0.15, 0.2) is 47.6 Å². The van der Waals surface area contributed by atoms with Crippen molar-refractivity contribution in [1.82, 2.24) is 4.41 Å². The fourth-order valence-electron chi connectivity index (χ4n) is 3.12. The molecule has 0 radical (unpaired) electrons. The number of hydrogen-bond donors (Lipinski definition) is 0. The van der Waals surface area contributed by atoms with Crippen LogP contribution >= 0.6 is 0 Å². The maximum atomic E-state index is 12.3. The van der Waals surface area contributed by atoms with Crippen LogP contribution in [0.3, 0.4) is 0 Å². The summed E-state index contributed by atoms with van der Waals surface area (Å²) in [7, 11) is -0.396. The number of rotatable bonds is 5. The van der Waals surface area contributed by atoms with Crippen molar-refractivity contribution in [2.75, 3.05) is 20.5 Å². The molecule has 3 rings (SSSR count). The maximum Gasteiger partial charge on any atom is 0.247 e. The molecule has 2 aromatic carbocycles. The van der Waals surface area contributed by atoms with Crippen molar-refractivity contribution in [1.29, 1.82) is 0 Å². The van der Waals surface area contributed by atoms with Gasteiger partial charge in [-0.15, -0.1) is 0 Å². The molecule has 0 bridgehead atoms. The van der Waals surface area contributed by atoms with Crippen LogP contribution in [0, 0.1) is 6.92 Å². The molecule has 0 saturated heterocycles. The minimum absolute atomic E-state index is 0.441. The lowest BCUT2D eigenvalue weighted by atomic mass is 9.96. The summed E-state index contributed by atoms with van der Waals surface area (Å²) in [6.07, 6.45) is 1.65. The summed E-state index contributed by atoms with van der Waals surface area (Å²) < 4.78 is 36.5. The van der Waals surface area contributed by atoms with Gasteiger partial charge >= 0.3 is 0 Å². The van der Waals surface area contributed by atoms with E-state index >= 15 is 0 Å². The topological polar surface area (TPSA) is 68.2 Å². The van der Waals surface area contributed by atoms with Crippen molar-refractivity contribution in [3.05, 3.63) is 59.2 Å². The zero-order valence-electron chi connectivity index (χ0n) is 15.3. The summed E-state index contributed by atoms with van der Waals surface area (Å²) in [5.41, 5.74) is 3.54. The average Bonchev–Trinajstić information content (AvgIpc) is 3.07. The van der Waals surface area contributed by atoms with E-state index < -0.39 is 16.1 Å². The monoisotopic (exact) mass is 374 g/mol. The van der Waals surface area contributed by atoms with Crippen molar-refractivity contribution in [3.8, 4) is 11.5 Å². The smallest absolute Gasteiger partial charge is 0.247 e. The molecular formula is C19H22N2O4S. The second-order valence-corrected chi connectivity index (χ2v) is 8.10. The minimum Gasteiger partial charge on any atom is -0.497 e. The number of benzene rings is 2. The molecular weight excluding hydrogens is 352 g/mol. The zero-order valence-corrected chi connectivity index (χ0v) is 16.1. The molecule has 6 nitrogen and oxygen atoms in total. The zero-order chi connectivity index (χ0) is 18.9. The number of hydrogen-bond acceptors (Lipinski definition) is 5. The number of methoxy groups -OCH3 is 2. The van der Waals surface area contributed by atoms with Gasteiger partial charge in [0.1, 0.15) is 11.5 Å². The van der Waals surface area contributed by atoms with E-state index in [-0.39, 0.29) is 0 Å². The van der Waals surface area contributed by atoms with E-state index in [2.05, 4.69) is 5.10 Å². The molecule has 0 N–H and O–H groups in total. The predicted octanol–water partition coefficient (Wildman–Crippen LogP) is 3.12. The lowest BCUT2D eigenvalue weighted by molar-refractivity contribution is 0.364. The normalized spacial score (nSPS) is 17.2. The molecule has 138 valence electrons. The van der Waals surface area contributed by atoms with Gasteiger partial charge in [0.2, 0.25) is 10.0 Å². The molecule has 0 spiro atoms. The van der Waals surface area contributed by atoms with Crippen LogP contribution in [0.25, 0.3) is 0 Å². The molecule has 26 heavy (non-hydrogen) atoms. The Hall–Kier alpha value is -2.54. The Labute approximate surface area is 154 Å². The van der Waals surface area contributed by atoms with Crippen LogP contribution in [0.2, 0.25) is 0 Å². The Kier molecular flexibility index (Phi) is 4.91. The summed E-state index contributed by atoms with van der Waals surface area (Å²) in [4.78, 5) is 0.